The quantitative estimate of drug-likeness (QED) is 0.0222. The Morgan fingerprint density at radius 2 is 0.600 bits per heavy atom. The second-order valence-corrected chi connectivity index (χ2v) is 28.0. The first-order valence-electron chi connectivity index (χ1n) is 34.4. The van der Waals surface area contributed by atoms with E-state index in [-0.39, 0.29) is 25.7 Å². The molecular formula is C66H128O17P2. The fraction of sp³-hybridized carbons (Fsp3) is 0.939. The third-order valence-electron chi connectivity index (χ3n) is 15.5. The molecule has 6 atom stereocenters. The van der Waals surface area contributed by atoms with E-state index >= 15 is 0 Å². The van der Waals surface area contributed by atoms with Gasteiger partial charge in [-0.3, -0.25) is 37.3 Å². The molecule has 0 amide bonds. The number of esters is 4. The molecule has 3 N–H and O–H groups in total. The Balaban J connectivity index is 5.24. The van der Waals surface area contributed by atoms with Crippen LogP contribution in [0.1, 0.15) is 325 Å². The average Bonchev–Trinajstić information content (AvgIpc) is 3.52. The second kappa shape index (κ2) is 57.2. The van der Waals surface area contributed by atoms with Gasteiger partial charge in [0.2, 0.25) is 0 Å². The molecule has 0 radical (unpaired) electrons. The second-order valence-electron chi connectivity index (χ2n) is 25.1. The first-order chi connectivity index (χ1) is 40.8. The number of aliphatic hydroxyl groups is 1. The first kappa shape index (κ1) is 83.1. The van der Waals surface area contributed by atoms with Gasteiger partial charge >= 0.3 is 39.5 Å². The first-order valence-corrected chi connectivity index (χ1v) is 37.4. The van der Waals surface area contributed by atoms with Crippen molar-refractivity contribution in [1.29, 1.82) is 0 Å². The van der Waals surface area contributed by atoms with E-state index in [1.807, 2.05) is 0 Å². The monoisotopic (exact) mass is 1250 g/mol. The fourth-order valence-electron chi connectivity index (χ4n) is 9.80. The van der Waals surface area contributed by atoms with E-state index in [0.717, 1.165) is 109 Å². The summed E-state index contributed by atoms with van der Waals surface area (Å²) in [6.45, 7) is 11.7. The van der Waals surface area contributed by atoms with Gasteiger partial charge < -0.3 is 33.8 Å². The highest BCUT2D eigenvalue weighted by molar-refractivity contribution is 7.47. The number of hydrogen-bond acceptors (Lipinski definition) is 15. The minimum Gasteiger partial charge on any atom is -0.462 e. The van der Waals surface area contributed by atoms with Crippen molar-refractivity contribution in [2.75, 3.05) is 39.6 Å². The molecule has 19 heteroatoms. The Labute approximate surface area is 517 Å². The van der Waals surface area contributed by atoms with E-state index in [9.17, 15) is 43.2 Å². The number of ether oxygens (including phenoxy) is 4. The minimum absolute atomic E-state index is 0.102. The fourth-order valence-corrected chi connectivity index (χ4v) is 11.4. The van der Waals surface area contributed by atoms with Crippen molar-refractivity contribution in [3.05, 3.63) is 0 Å². The molecule has 0 aliphatic carbocycles. The number of unbranched alkanes of at least 4 members (excludes halogenated alkanes) is 31. The van der Waals surface area contributed by atoms with Gasteiger partial charge in [-0.2, -0.15) is 0 Å². The van der Waals surface area contributed by atoms with Crippen LogP contribution in [0, 0.1) is 17.8 Å². The Hall–Kier alpha value is -1.94. The molecule has 504 valence electrons. The molecule has 3 unspecified atom stereocenters. The van der Waals surface area contributed by atoms with Gasteiger partial charge in [0.15, 0.2) is 12.2 Å². The van der Waals surface area contributed by atoms with Crippen LogP contribution in [-0.2, 0) is 65.4 Å². The Morgan fingerprint density at radius 1 is 0.341 bits per heavy atom. The average molecular weight is 1260 g/mol. The molecule has 0 rings (SSSR count). The predicted molar refractivity (Wildman–Crippen MR) is 340 cm³/mol. The van der Waals surface area contributed by atoms with E-state index < -0.39 is 97.5 Å². The van der Waals surface area contributed by atoms with Gasteiger partial charge in [-0.05, 0) is 43.4 Å². The van der Waals surface area contributed by atoms with E-state index in [0.29, 0.717) is 37.5 Å². The van der Waals surface area contributed by atoms with Crippen molar-refractivity contribution >= 4 is 39.5 Å². The molecule has 0 aromatic heterocycles. The summed E-state index contributed by atoms with van der Waals surface area (Å²) in [5.74, 6) is -0.00401. The number of phosphoric acid groups is 2. The summed E-state index contributed by atoms with van der Waals surface area (Å²) < 4.78 is 68.1. The Bertz CT molecular complexity index is 1680. The van der Waals surface area contributed by atoms with E-state index in [4.69, 9.17) is 37.0 Å². The van der Waals surface area contributed by atoms with Gasteiger partial charge in [0.1, 0.15) is 19.3 Å². The standard InChI is InChI=1S/C66H128O17P2/c1-8-10-11-12-13-14-15-16-17-18-19-20-25-35-42-49-65(70)82-61(53-76-63(68)47-40-33-26-21-23-30-37-44-57(3)4)55-80-84(72,73)78-51-60(67)52-79-85(74,75)81-56-62(83-66(71)50-43-36-27-22-24-31-38-45-58(5)6)54-77-64(69)48-41-34-29-28-32-39-46-59(7)9-2/h57-62,67H,8-56H2,1-7H3,(H,72,73)(H,74,75)/t59?,60-,61-,62-/m1/s1. The van der Waals surface area contributed by atoms with Gasteiger partial charge in [0.25, 0.3) is 0 Å². The number of hydrogen-bond donors (Lipinski definition) is 3. The maximum Gasteiger partial charge on any atom is 0.472 e. The number of carbonyl (C=O) groups is 4. The molecule has 0 aromatic rings. The van der Waals surface area contributed by atoms with Crippen molar-refractivity contribution in [3.8, 4) is 0 Å². The molecule has 0 bridgehead atoms. The molecule has 0 aliphatic heterocycles. The minimum atomic E-state index is -4.95. The molecule has 0 saturated carbocycles. The summed E-state index contributed by atoms with van der Waals surface area (Å²) in [7, 11) is -9.89. The summed E-state index contributed by atoms with van der Waals surface area (Å²) in [5.41, 5.74) is 0. The molecule has 17 nitrogen and oxygen atoms in total. The zero-order valence-corrected chi connectivity index (χ0v) is 56.9. The molecule has 85 heavy (non-hydrogen) atoms. The predicted octanol–water partition coefficient (Wildman–Crippen LogP) is 18.3. The number of aliphatic hydroxyl groups excluding tert-OH is 1. The van der Waals surface area contributed by atoms with Crippen molar-refractivity contribution < 1.29 is 80.2 Å². The lowest BCUT2D eigenvalue weighted by Crippen LogP contribution is -2.30. The molecule has 0 saturated heterocycles. The Morgan fingerprint density at radius 3 is 0.894 bits per heavy atom. The van der Waals surface area contributed by atoms with Crippen molar-refractivity contribution in [3.63, 3.8) is 0 Å². The smallest absolute Gasteiger partial charge is 0.462 e. The largest absolute Gasteiger partial charge is 0.472 e. The summed E-state index contributed by atoms with van der Waals surface area (Å²) >= 11 is 0. The van der Waals surface area contributed by atoms with Gasteiger partial charge in [0.05, 0.1) is 26.4 Å². The van der Waals surface area contributed by atoms with Gasteiger partial charge in [-0.15, -0.1) is 0 Å². The Kier molecular flexibility index (Phi) is 55.9. The maximum absolute atomic E-state index is 13.0. The molecule has 0 aliphatic rings. The number of rotatable bonds is 64. The topological polar surface area (TPSA) is 237 Å². The highest BCUT2D eigenvalue weighted by atomic mass is 31.2. The lowest BCUT2D eigenvalue weighted by molar-refractivity contribution is -0.161. The third-order valence-corrected chi connectivity index (χ3v) is 17.4. The SMILES string of the molecule is CCCCCCCCCCCCCCCCCC(=O)O[C@H](COC(=O)CCCCCCCCCC(C)C)COP(=O)(O)OC[C@@H](O)COP(=O)(O)OC[C@@H](COC(=O)CCCCCCCCC(C)CC)OC(=O)CCCCCCCCCC(C)C. The molecule has 0 heterocycles. The van der Waals surface area contributed by atoms with Crippen molar-refractivity contribution in [2.45, 2.75) is 343 Å². The van der Waals surface area contributed by atoms with Crippen LogP contribution in [-0.4, -0.2) is 96.7 Å². The number of phosphoric ester groups is 2. The van der Waals surface area contributed by atoms with E-state index in [1.54, 1.807) is 0 Å². The van der Waals surface area contributed by atoms with E-state index in [1.165, 1.54) is 122 Å². The summed E-state index contributed by atoms with van der Waals surface area (Å²) in [5, 5.41) is 10.5. The molecule has 0 fully saturated rings. The zero-order chi connectivity index (χ0) is 63.1. The van der Waals surface area contributed by atoms with Crippen molar-refractivity contribution in [1.82, 2.24) is 0 Å². The van der Waals surface area contributed by atoms with Gasteiger partial charge in [-0.25, -0.2) is 9.13 Å². The lowest BCUT2D eigenvalue weighted by atomic mass is 10.00. The van der Waals surface area contributed by atoms with Crippen LogP contribution in [0.3, 0.4) is 0 Å². The number of carbonyl (C=O) groups excluding carboxylic acids is 4. The molecule has 0 spiro atoms. The van der Waals surface area contributed by atoms with Crippen LogP contribution in [0.4, 0.5) is 0 Å². The van der Waals surface area contributed by atoms with Crippen LogP contribution in [0.2, 0.25) is 0 Å². The van der Waals surface area contributed by atoms with E-state index in [2.05, 4.69) is 48.5 Å². The van der Waals surface area contributed by atoms with Crippen LogP contribution in [0.25, 0.3) is 0 Å². The summed E-state index contributed by atoms with van der Waals surface area (Å²) in [6, 6.07) is 0. The maximum atomic E-state index is 13.0. The van der Waals surface area contributed by atoms with Crippen LogP contribution in [0.5, 0.6) is 0 Å². The van der Waals surface area contributed by atoms with Crippen LogP contribution < -0.4 is 0 Å². The molecular weight excluding hydrogens is 1130 g/mol. The van der Waals surface area contributed by atoms with Crippen molar-refractivity contribution in [2.24, 2.45) is 17.8 Å². The highest BCUT2D eigenvalue weighted by Crippen LogP contribution is 2.45. The van der Waals surface area contributed by atoms with Crippen LogP contribution >= 0.6 is 15.6 Å². The van der Waals surface area contributed by atoms with Gasteiger partial charge in [-0.1, -0.05) is 273 Å². The third kappa shape index (κ3) is 59.5. The van der Waals surface area contributed by atoms with Gasteiger partial charge in [0, 0.05) is 25.7 Å². The summed E-state index contributed by atoms with van der Waals surface area (Å²) in [6.07, 6.45) is 39.1. The molecule has 0 aromatic carbocycles. The summed E-state index contributed by atoms with van der Waals surface area (Å²) in [4.78, 5) is 72.3. The van der Waals surface area contributed by atoms with Crippen LogP contribution in [0.15, 0.2) is 0 Å². The highest BCUT2D eigenvalue weighted by Gasteiger charge is 2.30. The normalized spacial score (nSPS) is 14.6. The zero-order valence-electron chi connectivity index (χ0n) is 55.1. The lowest BCUT2D eigenvalue weighted by Gasteiger charge is -2.21.